The number of anilines is 1. The Kier molecular flexibility index (Phi) is 2.95. The molecule has 0 saturated carbocycles. The van der Waals surface area contributed by atoms with Gasteiger partial charge in [-0.05, 0) is 31.9 Å². The van der Waals surface area contributed by atoms with Crippen molar-refractivity contribution in [2.45, 2.75) is 25.3 Å². The zero-order chi connectivity index (χ0) is 12.6. The van der Waals surface area contributed by atoms with E-state index in [-0.39, 0.29) is 11.4 Å². The van der Waals surface area contributed by atoms with Crippen LogP contribution in [0, 0.1) is 5.82 Å². The summed E-state index contributed by atoms with van der Waals surface area (Å²) in [6, 6.07) is 4.73. The van der Waals surface area contributed by atoms with Gasteiger partial charge in [0.1, 0.15) is 5.82 Å². The van der Waals surface area contributed by atoms with Gasteiger partial charge in [0.05, 0.1) is 10.2 Å². The highest BCUT2D eigenvalue weighted by Gasteiger charge is 2.28. The maximum Gasteiger partial charge on any atom is 0.184 e. The Labute approximate surface area is 109 Å². The fourth-order valence-electron chi connectivity index (χ4n) is 2.16. The van der Waals surface area contributed by atoms with Crippen molar-refractivity contribution in [3.8, 4) is 0 Å². The van der Waals surface area contributed by atoms with Gasteiger partial charge in [0, 0.05) is 24.8 Å². The average Bonchev–Trinajstić information content (AvgIpc) is 2.70. The van der Waals surface area contributed by atoms with Crippen molar-refractivity contribution in [1.82, 2.24) is 4.98 Å². The van der Waals surface area contributed by atoms with Gasteiger partial charge in [-0.3, -0.25) is 0 Å². The summed E-state index contributed by atoms with van der Waals surface area (Å²) in [6.45, 7) is 3.74. The van der Waals surface area contributed by atoms with Gasteiger partial charge in [0.15, 0.2) is 5.13 Å². The van der Waals surface area contributed by atoms with E-state index >= 15 is 0 Å². The first-order valence-electron chi connectivity index (χ1n) is 6.07. The molecule has 1 fully saturated rings. The Hall–Kier alpha value is -1.20. The first kappa shape index (κ1) is 11.9. The second-order valence-electron chi connectivity index (χ2n) is 4.93. The fourth-order valence-corrected chi connectivity index (χ4v) is 3.15. The summed E-state index contributed by atoms with van der Waals surface area (Å²) in [5.41, 5.74) is 0.753. The average molecular weight is 266 g/mol. The smallest absolute Gasteiger partial charge is 0.184 e. The molecule has 96 valence electrons. The molecule has 0 unspecified atom stereocenters. The first-order valence-corrected chi connectivity index (χ1v) is 6.88. The minimum Gasteiger partial charge on any atom is -0.381 e. The third-order valence-corrected chi connectivity index (χ3v) is 4.31. The number of thiazole rings is 1. The van der Waals surface area contributed by atoms with Gasteiger partial charge in [0.2, 0.25) is 0 Å². The molecule has 1 aromatic carbocycles. The quantitative estimate of drug-likeness (QED) is 0.904. The summed E-state index contributed by atoms with van der Waals surface area (Å²) in [7, 11) is 0. The second-order valence-corrected chi connectivity index (χ2v) is 5.96. The molecular formula is C13H15FN2OS. The van der Waals surface area contributed by atoms with E-state index in [4.69, 9.17) is 4.74 Å². The van der Waals surface area contributed by atoms with Gasteiger partial charge in [-0.2, -0.15) is 0 Å². The van der Waals surface area contributed by atoms with Crippen LogP contribution in [0.25, 0.3) is 10.2 Å². The minimum absolute atomic E-state index is 0.0324. The SMILES string of the molecule is CC1(Nc2nc3cc(F)ccc3s2)CCOCC1. The summed E-state index contributed by atoms with van der Waals surface area (Å²) in [4.78, 5) is 4.44. The molecule has 2 heterocycles. The van der Waals surface area contributed by atoms with E-state index in [2.05, 4.69) is 17.2 Å². The number of fused-ring (bicyclic) bond motifs is 1. The topological polar surface area (TPSA) is 34.2 Å². The molecule has 18 heavy (non-hydrogen) atoms. The highest BCUT2D eigenvalue weighted by molar-refractivity contribution is 7.22. The van der Waals surface area contributed by atoms with Crippen LogP contribution in [0.1, 0.15) is 19.8 Å². The zero-order valence-corrected chi connectivity index (χ0v) is 11.0. The molecule has 1 N–H and O–H groups in total. The minimum atomic E-state index is -0.239. The third-order valence-electron chi connectivity index (χ3n) is 3.35. The summed E-state index contributed by atoms with van der Waals surface area (Å²) in [5.74, 6) is -0.239. The summed E-state index contributed by atoms with van der Waals surface area (Å²) in [5, 5.41) is 4.33. The molecule has 0 spiro atoms. The van der Waals surface area contributed by atoms with Crippen molar-refractivity contribution in [3.63, 3.8) is 0 Å². The lowest BCUT2D eigenvalue weighted by Gasteiger charge is -2.34. The van der Waals surface area contributed by atoms with E-state index in [1.54, 1.807) is 17.4 Å². The maximum absolute atomic E-state index is 13.1. The molecular weight excluding hydrogens is 251 g/mol. The molecule has 2 aromatic rings. The van der Waals surface area contributed by atoms with Crippen LogP contribution in [0.4, 0.5) is 9.52 Å². The van der Waals surface area contributed by atoms with E-state index in [1.165, 1.54) is 12.1 Å². The van der Waals surface area contributed by atoms with Crippen LogP contribution in [0.15, 0.2) is 18.2 Å². The standard InChI is InChI=1S/C13H15FN2OS/c1-13(4-6-17-7-5-13)16-12-15-10-8-9(14)2-3-11(10)18-12/h2-3,8H,4-7H2,1H3,(H,15,16). The predicted octanol–water partition coefficient (Wildman–Crippen LogP) is 3.42. The molecule has 1 aromatic heterocycles. The number of nitrogens with zero attached hydrogens (tertiary/aromatic N) is 1. The summed E-state index contributed by atoms with van der Waals surface area (Å²) < 4.78 is 19.5. The first-order chi connectivity index (χ1) is 8.65. The van der Waals surface area contributed by atoms with Crippen molar-refractivity contribution in [1.29, 1.82) is 0 Å². The summed E-state index contributed by atoms with van der Waals surface area (Å²) in [6.07, 6.45) is 1.94. The van der Waals surface area contributed by atoms with Crippen LogP contribution in [0.3, 0.4) is 0 Å². The number of aromatic nitrogens is 1. The van der Waals surface area contributed by atoms with Gasteiger partial charge >= 0.3 is 0 Å². The molecule has 0 atom stereocenters. The number of rotatable bonds is 2. The van der Waals surface area contributed by atoms with Crippen molar-refractivity contribution < 1.29 is 9.13 Å². The Morgan fingerprint density at radius 1 is 1.39 bits per heavy atom. The van der Waals surface area contributed by atoms with Gasteiger partial charge in [-0.25, -0.2) is 9.37 Å². The number of halogens is 1. The monoisotopic (exact) mass is 266 g/mol. The van der Waals surface area contributed by atoms with Crippen LogP contribution in [-0.4, -0.2) is 23.7 Å². The van der Waals surface area contributed by atoms with E-state index in [0.29, 0.717) is 0 Å². The third kappa shape index (κ3) is 2.33. The number of hydrogen-bond acceptors (Lipinski definition) is 4. The number of nitrogens with one attached hydrogen (secondary N) is 1. The molecule has 0 amide bonds. The van der Waals surface area contributed by atoms with E-state index < -0.39 is 0 Å². The van der Waals surface area contributed by atoms with Crippen LogP contribution in [0.5, 0.6) is 0 Å². The Balaban J connectivity index is 1.86. The fraction of sp³-hybridized carbons (Fsp3) is 0.462. The molecule has 1 aliphatic rings. The van der Waals surface area contributed by atoms with Gasteiger partial charge < -0.3 is 10.1 Å². The highest BCUT2D eigenvalue weighted by Crippen LogP contribution is 2.31. The van der Waals surface area contributed by atoms with Crippen LogP contribution < -0.4 is 5.32 Å². The lowest BCUT2D eigenvalue weighted by Crippen LogP contribution is -2.40. The lowest BCUT2D eigenvalue weighted by atomic mass is 9.93. The molecule has 0 bridgehead atoms. The van der Waals surface area contributed by atoms with E-state index in [1.807, 2.05) is 0 Å². The number of ether oxygens (including phenoxy) is 1. The largest absolute Gasteiger partial charge is 0.381 e. The second kappa shape index (κ2) is 4.48. The Morgan fingerprint density at radius 2 is 2.17 bits per heavy atom. The van der Waals surface area contributed by atoms with Crippen LogP contribution >= 0.6 is 11.3 Å². The van der Waals surface area contributed by atoms with Gasteiger partial charge in [-0.1, -0.05) is 11.3 Å². The van der Waals surface area contributed by atoms with Crippen molar-refractivity contribution in [2.24, 2.45) is 0 Å². The number of benzene rings is 1. The molecule has 1 saturated heterocycles. The normalized spacial score (nSPS) is 19.0. The van der Waals surface area contributed by atoms with Crippen LogP contribution in [0.2, 0.25) is 0 Å². The molecule has 1 aliphatic heterocycles. The van der Waals surface area contributed by atoms with Crippen molar-refractivity contribution >= 4 is 26.7 Å². The van der Waals surface area contributed by atoms with Crippen molar-refractivity contribution in [2.75, 3.05) is 18.5 Å². The zero-order valence-electron chi connectivity index (χ0n) is 10.2. The van der Waals surface area contributed by atoms with E-state index in [0.717, 1.165) is 41.4 Å². The van der Waals surface area contributed by atoms with Crippen molar-refractivity contribution in [3.05, 3.63) is 24.0 Å². The molecule has 0 radical (unpaired) electrons. The molecule has 3 rings (SSSR count). The van der Waals surface area contributed by atoms with Gasteiger partial charge in [0.25, 0.3) is 0 Å². The van der Waals surface area contributed by atoms with Crippen LogP contribution in [-0.2, 0) is 4.74 Å². The number of hydrogen-bond donors (Lipinski definition) is 1. The molecule has 3 nitrogen and oxygen atoms in total. The highest BCUT2D eigenvalue weighted by atomic mass is 32.1. The van der Waals surface area contributed by atoms with Gasteiger partial charge in [-0.15, -0.1) is 0 Å². The van der Waals surface area contributed by atoms with E-state index in [9.17, 15) is 4.39 Å². The summed E-state index contributed by atoms with van der Waals surface area (Å²) >= 11 is 1.57. The lowest BCUT2D eigenvalue weighted by molar-refractivity contribution is 0.0658. The Bertz CT molecular complexity index is 563. The maximum atomic E-state index is 13.1. The molecule has 5 heteroatoms. The predicted molar refractivity (Wildman–Crippen MR) is 71.7 cm³/mol. The molecule has 0 aliphatic carbocycles. The Morgan fingerprint density at radius 3 is 2.94 bits per heavy atom.